The summed E-state index contributed by atoms with van der Waals surface area (Å²) in [5.74, 6) is -0.997. The molecule has 6 heteroatoms. The minimum atomic E-state index is -1.26. The van der Waals surface area contributed by atoms with Crippen LogP contribution in [-0.2, 0) is 20.9 Å². The highest BCUT2D eigenvalue weighted by Crippen LogP contribution is 2.36. The van der Waals surface area contributed by atoms with Crippen molar-refractivity contribution in [1.82, 2.24) is 4.90 Å². The number of carboxylic acid groups (broad SMARTS) is 1. The van der Waals surface area contributed by atoms with Gasteiger partial charge in [0.25, 0.3) is 0 Å². The van der Waals surface area contributed by atoms with E-state index in [1.54, 1.807) is 14.0 Å². The second-order valence-corrected chi connectivity index (χ2v) is 6.08. The molecule has 132 valence electrons. The third-order valence-corrected chi connectivity index (χ3v) is 4.67. The lowest BCUT2D eigenvalue weighted by atomic mass is 9.78. The molecule has 2 unspecified atom stereocenters. The third-order valence-electron chi connectivity index (χ3n) is 4.67. The summed E-state index contributed by atoms with van der Waals surface area (Å²) in [6.45, 7) is 2.17. The van der Waals surface area contributed by atoms with E-state index in [1.165, 1.54) is 4.90 Å². The second kappa shape index (κ2) is 8.15. The van der Waals surface area contributed by atoms with Crippen molar-refractivity contribution in [3.63, 3.8) is 0 Å². The summed E-state index contributed by atoms with van der Waals surface area (Å²) < 4.78 is 10.7. The Balaban J connectivity index is 2.13. The maximum Gasteiger partial charge on any atom is 0.411 e. The van der Waals surface area contributed by atoms with E-state index >= 15 is 0 Å². The summed E-state index contributed by atoms with van der Waals surface area (Å²) in [6, 6.07) is 9.33. The predicted molar refractivity (Wildman–Crippen MR) is 88.6 cm³/mol. The summed E-state index contributed by atoms with van der Waals surface area (Å²) in [7, 11) is 1.58. The van der Waals surface area contributed by atoms with Crippen LogP contribution in [0.1, 0.15) is 38.2 Å². The molecule has 24 heavy (non-hydrogen) atoms. The zero-order valence-corrected chi connectivity index (χ0v) is 14.2. The number of rotatable bonds is 6. The van der Waals surface area contributed by atoms with Gasteiger partial charge in [-0.15, -0.1) is 0 Å². The average molecular weight is 335 g/mol. The number of hydrogen-bond donors (Lipinski definition) is 1. The van der Waals surface area contributed by atoms with Gasteiger partial charge in [-0.05, 0) is 31.7 Å². The van der Waals surface area contributed by atoms with Crippen molar-refractivity contribution in [3.05, 3.63) is 35.9 Å². The number of hydrogen-bond acceptors (Lipinski definition) is 4. The van der Waals surface area contributed by atoms with Crippen molar-refractivity contribution in [1.29, 1.82) is 0 Å². The van der Waals surface area contributed by atoms with Crippen molar-refractivity contribution in [3.8, 4) is 0 Å². The van der Waals surface area contributed by atoms with E-state index in [2.05, 4.69) is 0 Å². The highest BCUT2D eigenvalue weighted by Gasteiger charge is 2.50. The molecule has 1 aliphatic carbocycles. The van der Waals surface area contributed by atoms with Crippen molar-refractivity contribution < 1.29 is 24.2 Å². The van der Waals surface area contributed by atoms with Gasteiger partial charge in [0, 0.05) is 20.1 Å². The van der Waals surface area contributed by atoms with E-state index in [9.17, 15) is 14.7 Å². The molecule has 0 aliphatic heterocycles. The first kappa shape index (κ1) is 18.3. The molecule has 0 radical (unpaired) electrons. The van der Waals surface area contributed by atoms with Gasteiger partial charge in [0.15, 0.2) is 0 Å². The highest BCUT2D eigenvalue weighted by atomic mass is 16.6. The number of carboxylic acids is 1. The lowest BCUT2D eigenvalue weighted by Gasteiger charge is -2.44. The molecule has 0 bridgehead atoms. The number of likely N-dealkylation sites (N-methyl/N-ethyl adjacent to an activating group) is 1. The SMILES string of the molecule is CCN(C(=O)OCc1ccccc1)C1(C(=O)O)CCCC(OC)C1. The van der Waals surface area contributed by atoms with E-state index in [1.807, 2.05) is 30.3 Å². The Labute approximate surface area is 142 Å². The van der Waals surface area contributed by atoms with E-state index in [4.69, 9.17) is 9.47 Å². The van der Waals surface area contributed by atoms with Gasteiger partial charge in [0.2, 0.25) is 0 Å². The van der Waals surface area contributed by atoms with Gasteiger partial charge in [-0.25, -0.2) is 9.59 Å². The Kier molecular flexibility index (Phi) is 6.20. The van der Waals surface area contributed by atoms with Crippen LogP contribution in [0.25, 0.3) is 0 Å². The Hall–Kier alpha value is -2.08. The minimum Gasteiger partial charge on any atom is -0.479 e. The molecular weight excluding hydrogens is 310 g/mol. The number of benzene rings is 1. The standard InChI is InChI=1S/C18H25NO5/c1-3-19(17(22)24-13-14-8-5-4-6-9-14)18(16(20)21)11-7-10-15(12-18)23-2/h4-6,8-9,15H,3,7,10-13H2,1-2H3,(H,20,21). The van der Waals surface area contributed by atoms with Crippen LogP contribution in [0.5, 0.6) is 0 Å². The first-order valence-electron chi connectivity index (χ1n) is 8.28. The molecule has 0 heterocycles. The lowest BCUT2D eigenvalue weighted by Crippen LogP contribution is -2.60. The van der Waals surface area contributed by atoms with Gasteiger partial charge < -0.3 is 14.6 Å². The number of carbonyl (C=O) groups is 2. The van der Waals surface area contributed by atoms with Gasteiger partial charge >= 0.3 is 12.1 Å². The molecule has 1 fully saturated rings. The van der Waals surface area contributed by atoms with Crippen LogP contribution in [-0.4, -0.2) is 47.4 Å². The zero-order valence-electron chi connectivity index (χ0n) is 14.2. The van der Waals surface area contributed by atoms with E-state index in [0.717, 1.165) is 12.0 Å². The van der Waals surface area contributed by atoms with E-state index in [0.29, 0.717) is 12.8 Å². The Morgan fingerprint density at radius 1 is 1.33 bits per heavy atom. The third kappa shape index (κ3) is 3.87. The van der Waals surface area contributed by atoms with Crippen LogP contribution in [0.2, 0.25) is 0 Å². The number of aliphatic carboxylic acids is 1. The minimum absolute atomic E-state index is 0.125. The molecule has 1 amide bonds. The van der Waals surface area contributed by atoms with Crippen LogP contribution in [0, 0.1) is 0 Å². The van der Waals surface area contributed by atoms with Gasteiger partial charge in [0.05, 0.1) is 6.10 Å². The maximum absolute atomic E-state index is 12.6. The van der Waals surface area contributed by atoms with Crippen molar-refractivity contribution in [2.24, 2.45) is 0 Å². The van der Waals surface area contributed by atoms with Crippen LogP contribution in [0.15, 0.2) is 30.3 Å². The van der Waals surface area contributed by atoms with Crippen LogP contribution in [0.4, 0.5) is 4.79 Å². The average Bonchev–Trinajstić information content (AvgIpc) is 2.61. The molecule has 1 aromatic carbocycles. The molecule has 2 atom stereocenters. The molecule has 0 aromatic heterocycles. The van der Waals surface area contributed by atoms with Crippen LogP contribution in [0.3, 0.4) is 0 Å². The van der Waals surface area contributed by atoms with Gasteiger partial charge in [-0.3, -0.25) is 4.90 Å². The Morgan fingerprint density at radius 2 is 2.04 bits per heavy atom. The normalized spacial score (nSPS) is 23.5. The molecular formula is C18H25NO5. The quantitative estimate of drug-likeness (QED) is 0.864. The monoisotopic (exact) mass is 335 g/mol. The summed E-state index contributed by atoms with van der Waals surface area (Å²) in [5.41, 5.74) is -0.397. The first-order chi connectivity index (χ1) is 11.5. The number of amides is 1. The lowest BCUT2D eigenvalue weighted by molar-refractivity contribution is -0.156. The number of ether oxygens (including phenoxy) is 2. The second-order valence-electron chi connectivity index (χ2n) is 6.08. The smallest absolute Gasteiger partial charge is 0.411 e. The van der Waals surface area contributed by atoms with Crippen LogP contribution >= 0.6 is 0 Å². The summed E-state index contributed by atoms with van der Waals surface area (Å²) >= 11 is 0. The number of nitrogens with zero attached hydrogens (tertiary/aromatic N) is 1. The van der Waals surface area contributed by atoms with Gasteiger partial charge in [-0.2, -0.15) is 0 Å². The van der Waals surface area contributed by atoms with Crippen LogP contribution < -0.4 is 0 Å². The molecule has 6 nitrogen and oxygen atoms in total. The maximum atomic E-state index is 12.6. The summed E-state index contributed by atoms with van der Waals surface area (Å²) in [6.07, 6.45) is 1.45. The topological polar surface area (TPSA) is 76.1 Å². The molecule has 1 saturated carbocycles. The fourth-order valence-electron chi connectivity index (χ4n) is 3.36. The molecule has 2 rings (SSSR count). The fourth-order valence-corrected chi connectivity index (χ4v) is 3.36. The Bertz CT molecular complexity index is 562. The molecule has 0 saturated heterocycles. The molecule has 1 N–H and O–H groups in total. The van der Waals surface area contributed by atoms with Crippen molar-refractivity contribution in [2.45, 2.75) is 50.9 Å². The molecule has 1 aromatic rings. The molecule has 1 aliphatic rings. The fraction of sp³-hybridized carbons (Fsp3) is 0.556. The van der Waals surface area contributed by atoms with Crippen molar-refractivity contribution in [2.75, 3.05) is 13.7 Å². The van der Waals surface area contributed by atoms with Crippen molar-refractivity contribution >= 4 is 12.1 Å². The summed E-state index contributed by atoms with van der Waals surface area (Å²) in [5, 5.41) is 9.83. The van der Waals surface area contributed by atoms with Gasteiger partial charge in [0.1, 0.15) is 12.1 Å². The largest absolute Gasteiger partial charge is 0.479 e. The highest BCUT2D eigenvalue weighted by molar-refractivity contribution is 5.84. The zero-order chi connectivity index (χ0) is 17.6. The summed E-state index contributed by atoms with van der Waals surface area (Å²) in [4.78, 5) is 25.9. The molecule has 0 spiro atoms. The Morgan fingerprint density at radius 3 is 2.62 bits per heavy atom. The number of carbonyl (C=O) groups excluding carboxylic acids is 1. The van der Waals surface area contributed by atoms with Gasteiger partial charge in [-0.1, -0.05) is 30.3 Å². The first-order valence-corrected chi connectivity index (χ1v) is 8.28. The van der Waals surface area contributed by atoms with E-state index < -0.39 is 17.6 Å². The van der Waals surface area contributed by atoms with E-state index in [-0.39, 0.29) is 25.7 Å². The number of methoxy groups -OCH3 is 1. The predicted octanol–water partition coefficient (Wildman–Crippen LogP) is 3.06.